The molecule has 0 nitrogen and oxygen atoms in total. The van der Waals surface area contributed by atoms with Crippen molar-refractivity contribution in [3.63, 3.8) is 0 Å². The molecule has 0 saturated heterocycles. The van der Waals surface area contributed by atoms with Crippen LogP contribution in [0.5, 0.6) is 0 Å². The van der Waals surface area contributed by atoms with Gasteiger partial charge in [-0.3, -0.25) is 0 Å². The van der Waals surface area contributed by atoms with Crippen LogP contribution in [0.15, 0.2) is 60.7 Å². The van der Waals surface area contributed by atoms with Gasteiger partial charge in [-0.15, -0.1) is 0 Å². The normalized spacial score (nSPS) is 18.1. The van der Waals surface area contributed by atoms with Crippen molar-refractivity contribution in [2.45, 2.75) is 90.4 Å². The van der Waals surface area contributed by atoms with Crippen LogP contribution in [0.25, 0.3) is 10.8 Å². The van der Waals surface area contributed by atoms with Crippen molar-refractivity contribution in [1.82, 2.24) is 0 Å². The summed E-state index contributed by atoms with van der Waals surface area (Å²) in [5.74, 6) is 8.48. The van der Waals surface area contributed by atoms with Gasteiger partial charge >= 0.3 is 0 Å². The van der Waals surface area contributed by atoms with Gasteiger partial charge in [0, 0.05) is 11.1 Å². The molecule has 3 aromatic rings. The van der Waals surface area contributed by atoms with Gasteiger partial charge in [0.15, 0.2) is 0 Å². The Labute approximate surface area is 201 Å². The van der Waals surface area contributed by atoms with E-state index < -0.39 is 0 Å². The summed E-state index contributed by atoms with van der Waals surface area (Å²) in [4.78, 5) is 0. The summed E-state index contributed by atoms with van der Waals surface area (Å²) >= 11 is 0. The zero-order valence-corrected chi connectivity index (χ0v) is 20.7. The molecule has 0 heteroatoms. The molecule has 1 saturated carbocycles. The van der Waals surface area contributed by atoms with Crippen LogP contribution in [-0.2, 0) is 6.42 Å². The van der Waals surface area contributed by atoms with E-state index in [1.54, 1.807) is 0 Å². The summed E-state index contributed by atoms with van der Waals surface area (Å²) in [5.41, 5.74) is 5.15. The SMILES string of the molecule is CCCCCC1CCC(c2ccc(C#Cc3ccc4cc(CCCC)ccc4c3)cc2)CC1. The number of benzene rings is 3. The first kappa shape index (κ1) is 23.6. The molecule has 0 amide bonds. The zero-order valence-electron chi connectivity index (χ0n) is 20.7. The number of fused-ring (bicyclic) bond motifs is 1. The molecule has 3 aromatic carbocycles. The Morgan fingerprint density at radius 1 is 0.667 bits per heavy atom. The lowest BCUT2D eigenvalue weighted by Crippen LogP contribution is -2.13. The van der Waals surface area contributed by atoms with E-state index >= 15 is 0 Å². The largest absolute Gasteiger partial charge is 0.0654 e. The Morgan fingerprint density at radius 2 is 1.33 bits per heavy atom. The Morgan fingerprint density at radius 3 is 2.09 bits per heavy atom. The molecule has 1 aliphatic rings. The molecule has 4 rings (SSSR count). The summed E-state index contributed by atoms with van der Waals surface area (Å²) < 4.78 is 0. The second kappa shape index (κ2) is 12.1. The topological polar surface area (TPSA) is 0 Å². The van der Waals surface area contributed by atoms with Gasteiger partial charge in [-0.05, 0) is 96.5 Å². The quantitative estimate of drug-likeness (QED) is 0.244. The van der Waals surface area contributed by atoms with Crippen LogP contribution < -0.4 is 0 Å². The van der Waals surface area contributed by atoms with Crippen LogP contribution in [-0.4, -0.2) is 0 Å². The minimum Gasteiger partial charge on any atom is -0.0654 e. The maximum atomic E-state index is 3.38. The molecule has 1 fully saturated rings. The molecule has 0 unspecified atom stereocenters. The lowest BCUT2D eigenvalue weighted by Gasteiger charge is -2.29. The Hall–Kier alpha value is -2.52. The summed E-state index contributed by atoms with van der Waals surface area (Å²) in [6, 6.07) is 22.5. The fraction of sp³-hybridized carbons (Fsp3) is 0.455. The third kappa shape index (κ3) is 6.74. The van der Waals surface area contributed by atoms with E-state index in [9.17, 15) is 0 Å². The molecule has 172 valence electrons. The molecule has 1 aliphatic carbocycles. The zero-order chi connectivity index (χ0) is 22.9. The summed E-state index contributed by atoms with van der Waals surface area (Å²) in [6.07, 6.45) is 14.8. The smallest absolute Gasteiger partial charge is 0.0255 e. The van der Waals surface area contributed by atoms with Crippen molar-refractivity contribution < 1.29 is 0 Å². The minimum atomic E-state index is 0.747. The molecule has 0 aliphatic heterocycles. The van der Waals surface area contributed by atoms with E-state index in [1.807, 2.05) is 0 Å². The molecule has 0 N–H and O–H groups in total. The van der Waals surface area contributed by atoms with E-state index in [2.05, 4.69) is 86.4 Å². The highest BCUT2D eigenvalue weighted by atomic mass is 14.3. The first-order valence-corrected chi connectivity index (χ1v) is 13.4. The number of unbranched alkanes of at least 4 members (excludes halogenated alkanes) is 3. The fourth-order valence-electron chi connectivity index (χ4n) is 5.36. The first-order valence-electron chi connectivity index (χ1n) is 13.4. The van der Waals surface area contributed by atoms with Gasteiger partial charge in [0.1, 0.15) is 0 Å². The number of hydrogen-bond acceptors (Lipinski definition) is 0. The van der Waals surface area contributed by atoms with Crippen molar-refractivity contribution in [3.05, 3.63) is 82.9 Å². The van der Waals surface area contributed by atoms with E-state index in [1.165, 1.54) is 92.5 Å². The predicted octanol–water partition coefficient (Wildman–Crippen LogP) is 9.44. The monoisotopic (exact) mass is 436 g/mol. The lowest BCUT2D eigenvalue weighted by atomic mass is 9.77. The maximum absolute atomic E-state index is 3.38. The first-order chi connectivity index (χ1) is 16.2. The average Bonchev–Trinajstić information content (AvgIpc) is 2.87. The van der Waals surface area contributed by atoms with E-state index in [4.69, 9.17) is 0 Å². The van der Waals surface area contributed by atoms with Gasteiger partial charge in [0.2, 0.25) is 0 Å². The molecule has 0 bridgehead atoms. The third-order valence-electron chi connectivity index (χ3n) is 7.52. The molecule has 0 aromatic heterocycles. The van der Waals surface area contributed by atoms with Crippen molar-refractivity contribution in [2.24, 2.45) is 5.92 Å². The van der Waals surface area contributed by atoms with E-state index in [0.717, 1.165) is 23.0 Å². The second-order valence-electron chi connectivity index (χ2n) is 10.1. The Bertz CT molecular complexity index is 1070. The van der Waals surface area contributed by atoms with Gasteiger partial charge in [-0.1, -0.05) is 94.2 Å². The average molecular weight is 437 g/mol. The Balaban J connectivity index is 1.35. The van der Waals surface area contributed by atoms with Crippen molar-refractivity contribution in [1.29, 1.82) is 0 Å². The summed E-state index contributed by atoms with van der Waals surface area (Å²) in [5, 5.41) is 2.60. The van der Waals surface area contributed by atoms with Gasteiger partial charge < -0.3 is 0 Å². The number of hydrogen-bond donors (Lipinski definition) is 0. The van der Waals surface area contributed by atoms with Gasteiger partial charge in [-0.2, -0.15) is 0 Å². The van der Waals surface area contributed by atoms with Crippen LogP contribution in [0, 0.1) is 17.8 Å². The van der Waals surface area contributed by atoms with Crippen LogP contribution in [0.3, 0.4) is 0 Å². The van der Waals surface area contributed by atoms with Crippen molar-refractivity contribution in [2.75, 3.05) is 0 Å². The Kier molecular flexibility index (Phi) is 8.65. The van der Waals surface area contributed by atoms with E-state index in [0.29, 0.717) is 0 Å². The predicted molar refractivity (Wildman–Crippen MR) is 144 cm³/mol. The van der Waals surface area contributed by atoms with Crippen LogP contribution >= 0.6 is 0 Å². The van der Waals surface area contributed by atoms with Gasteiger partial charge in [-0.25, -0.2) is 0 Å². The highest BCUT2D eigenvalue weighted by Crippen LogP contribution is 2.37. The third-order valence-corrected chi connectivity index (χ3v) is 7.52. The van der Waals surface area contributed by atoms with Gasteiger partial charge in [0.25, 0.3) is 0 Å². The molecule has 33 heavy (non-hydrogen) atoms. The standard InChI is InChI=1S/C33H40/c1-3-5-7-9-26-12-18-30(19-13-26)31-20-14-27(15-21-31)10-11-29-17-23-32-24-28(8-6-4-2)16-22-33(32)25-29/h14-17,20-26,30H,3-9,12-13,18-19H2,1-2H3. The van der Waals surface area contributed by atoms with Crippen LogP contribution in [0.4, 0.5) is 0 Å². The van der Waals surface area contributed by atoms with E-state index in [-0.39, 0.29) is 0 Å². The van der Waals surface area contributed by atoms with Crippen LogP contribution in [0.2, 0.25) is 0 Å². The highest BCUT2D eigenvalue weighted by molar-refractivity contribution is 5.84. The maximum Gasteiger partial charge on any atom is 0.0255 e. The molecule has 0 atom stereocenters. The molecule has 0 spiro atoms. The molecule has 0 radical (unpaired) electrons. The number of rotatable bonds is 8. The summed E-state index contributed by atoms with van der Waals surface area (Å²) in [7, 11) is 0. The molecule has 0 heterocycles. The summed E-state index contributed by atoms with van der Waals surface area (Å²) in [6.45, 7) is 4.55. The number of aryl methyl sites for hydroxylation is 1. The fourth-order valence-corrected chi connectivity index (χ4v) is 5.36. The van der Waals surface area contributed by atoms with Crippen molar-refractivity contribution >= 4 is 10.8 Å². The lowest BCUT2D eigenvalue weighted by molar-refractivity contribution is 0.303. The van der Waals surface area contributed by atoms with Crippen molar-refractivity contribution in [3.8, 4) is 11.8 Å². The van der Waals surface area contributed by atoms with Crippen LogP contribution in [0.1, 0.15) is 106 Å². The highest BCUT2D eigenvalue weighted by Gasteiger charge is 2.21. The minimum absolute atomic E-state index is 0.747. The second-order valence-corrected chi connectivity index (χ2v) is 10.1. The molecular formula is C33H40. The van der Waals surface area contributed by atoms with Gasteiger partial charge in [0.05, 0.1) is 0 Å². The molecular weight excluding hydrogens is 396 g/mol.